The molecule has 0 aliphatic heterocycles. The van der Waals surface area contributed by atoms with Gasteiger partial charge < -0.3 is 10.4 Å². The van der Waals surface area contributed by atoms with Crippen molar-refractivity contribution in [2.24, 2.45) is 0 Å². The number of nitrogens with one attached hydrogen (secondary N) is 1. The Kier molecular flexibility index (Phi) is 19.9. The molecule has 0 aliphatic rings. The fourth-order valence-corrected chi connectivity index (χ4v) is 3.58. The van der Waals surface area contributed by atoms with E-state index in [-0.39, 0.29) is 5.91 Å². The Morgan fingerprint density at radius 1 is 0.833 bits per heavy atom. The molecule has 2 N–H and O–H groups in total. The third-order valence-corrected chi connectivity index (χ3v) is 5.56. The topological polar surface area (TPSA) is 69.6 Å². The van der Waals surface area contributed by atoms with E-state index >= 15 is 0 Å². The van der Waals surface area contributed by atoms with Crippen LogP contribution in [0.4, 0.5) is 0 Å². The zero-order valence-electron chi connectivity index (χ0n) is 20.0. The molecule has 0 aromatic rings. The van der Waals surface area contributed by atoms with E-state index in [1.165, 1.54) is 64.2 Å². The first-order chi connectivity index (χ1) is 14.5. The van der Waals surface area contributed by atoms with Crippen LogP contribution in [0, 0.1) is 0 Å². The number of hydrogen-bond donors (Lipinski definition) is 2. The minimum Gasteiger partial charge on any atom is -0.480 e. The van der Waals surface area contributed by atoms with Gasteiger partial charge in [0, 0.05) is 13.0 Å². The van der Waals surface area contributed by atoms with Crippen molar-refractivity contribution < 1.29 is 14.7 Å². The summed E-state index contributed by atoms with van der Waals surface area (Å²) in [6.45, 7) is 2.89. The lowest BCUT2D eigenvalue weighted by Crippen LogP contribution is -2.35. The smallest absolute Gasteiger partial charge is 0.320 e. The van der Waals surface area contributed by atoms with Crippen LogP contribution >= 0.6 is 0 Å². The maximum absolute atomic E-state index is 11.8. The van der Waals surface area contributed by atoms with Crippen LogP contribution < -0.4 is 5.32 Å². The Bertz CT molecular complexity index is 450. The molecule has 0 bridgehead atoms. The van der Waals surface area contributed by atoms with Crippen molar-refractivity contribution in [3.63, 3.8) is 0 Å². The van der Waals surface area contributed by atoms with Crippen LogP contribution in [0.3, 0.4) is 0 Å². The van der Waals surface area contributed by atoms with Gasteiger partial charge >= 0.3 is 5.97 Å². The molecule has 0 aliphatic carbocycles. The molecule has 0 fully saturated rings. The van der Waals surface area contributed by atoms with Gasteiger partial charge in [-0.25, -0.2) is 0 Å². The molecule has 30 heavy (non-hydrogen) atoms. The number of carbonyl (C=O) groups is 2. The van der Waals surface area contributed by atoms with Gasteiger partial charge in [-0.2, -0.15) is 0 Å². The Balaban J connectivity index is 3.43. The van der Waals surface area contributed by atoms with E-state index in [4.69, 9.17) is 5.11 Å². The Labute approximate surface area is 185 Å². The highest BCUT2D eigenvalue weighted by Gasteiger charge is 2.18. The summed E-state index contributed by atoms with van der Waals surface area (Å²) in [6.07, 6.45) is 22.6. The molecular formula is C25H48N2O3. The molecule has 0 spiro atoms. The second kappa shape index (κ2) is 20.9. The van der Waals surface area contributed by atoms with E-state index in [1.54, 1.807) is 19.0 Å². The van der Waals surface area contributed by atoms with Crippen molar-refractivity contribution in [2.75, 3.05) is 20.6 Å². The van der Waals surface area contributed by atoms with Gasteiger partial charge in [0.25, 0.3) is 0 Å². The van der Waals surface area contributed by atoms with Crippen molar-refractivity contribution in [1.29, 1.82) is 0 Å². The number of unbranched alkanes of at least 4 members (excludes halogenated alkanes) is 11. The summed E-state index contributed by atoms with van der Waals surface area (Å²) in [4.78, 5) is 24.7. The summed E-state index contributed by atoms with van der Waals surface area (Å²) in [6, 6.07) is -0.443. The van der Waals surface area contributed by atoms with Crippen molar-refractivity contribution in [2.45, 2.75) is 116 Å². The van der Waals surface area contributed by atoms with Crippen LogP contribution in [0.1, 0.15) is 110 Å². The number of nitrogens with zero attached hydrogens (tertiary/aromatic N) is 1. The number of amides is 1. The number of rotatable bonds is 21. The van der Waals surface area contributed by atoms with Gasteiger partial charge in [-0.3, -0.25) is 14.5 Å². The first-order valence-electron chi connectivity index (χ1n) is 12.3. The number of carbonyl (C=O) groups excluding carboxylic acids is 1. The normalized spacial score (nSPS) is 12.5. The average Bonchev–Trinajstić information content (AvgIpc) is 2.70. The van der Waals surface area contributed by atoms with E-state index in [9.17, 15) is 9.59 Å². The van der Waals surface area contributed by atoms with Gasteiger partial charge in [-0.1, -0.05) is 76.9 Å². The molecule has 0 rings (SSSR count). The molecule has 1 amide bonds. The lowest BCUT2D eigenvalue weighted by atomic mass is 10.1. The van der Waals surface area contributed by atoms with Crippen molar-refractivity contribution in [3.05, 3.63) is 12.2 Å². The molecular weight excluding hydrogens is 376 g/mol. The van der Waals surface area contributed by atoms with Crippen LogP contribution in [0.2, 0.25) is 0 Å². The number of carboxylic acid groups (broad SMARTS) is 1. The van der Waals surface area contributed by atoms with Gasteiger partial charge in [-0.15, -0.1) is 0 Å². The maximum atomic E-state index is 11.8. The van der Waals surface area contributed by atoms with Crippen LogP contribution in [0.5, 0.6) is 0 Å². The first kappa shape index (κ1) is 28.6. The monoisotopic (exact) mass is 424 g/mol. The van der Waals surface area contributed by atoms with Gasteiger partial charge in [0.15, 0.2) is 0 Å². The molecule has 1 atom stereocenters. The molecule has 0 aromatic carbocycles. The highest BCUT2D eigenvalue weighted by molar-refractivity contribution is 5.76. The Morgan fingerprint density at radius 2 is 1.40 bits per heavy atom. The minimum atomic E-state index is -0.784. The van der Waals surface area contributed by atoms with E-state index in [1.807, 2.05) is 0 Å². The van der Waals surface area contributed by atoms with E-state index in [0.29, 0.717) is 19.4 Å². The van der Waals surface area contributed by atoms with E-state index in [0.717, 1.165) is 25.7 Å². The molecule has 0 unspecified atom stereocenters. The largest absolute Gasteiger partial charge is 0.480 e. The summed E-state index contributed by atoms with van der Waals surface area (Å²) in [7, 11) is 3.56. The zero-order valence-corrected chi connectivity index (χ0v) is 20.0. The fourth-order valence-electron chi connectivity index (χ4n) is 3.58. The van der Waals surface area contributed by atoms with E-state index in [2.05, 4.69) is 24.4 Å². The summed E-state index contributed by atoms with van der Waals surface area (Å²) in [5.74, 6) is -0.699. The predicted octanol–water partition coefficient (Wildman–Crippen LogP) is 5.94. The zero-order chi connectivity index (χ0) is 22.5. The third kappa shape index (κ3) is 18.7. The lowest BCUT2D eigenvalue weighted by Gasteiger charge is -2.19. The molecule has 0 radical (unpaired) electrons. The standard InChI is InChI=1S/C25H48N2O3/c1-4-5-6-7-8-9-10-11-12-13-14-15-16-17-21-24(28)26-22-19-18-20-23(25(29)30)27(2)3/h15-16,23H,4-14,17-22H2,1-3H3,(H,26,28)(H,29,30)/b16-15+/t23-/m0/s1. The molecule has 0 saturated heterocycles. The SMILES string of the molecule is CCCCCCCCCCCC/C=C/CCC(=O)NCCCC[C@@H](C(=O)O)N(C)C. The van der Waals surface area contributed by atoms with Gasteiger partial charge in [-0.05, 0) is 52.6 Å². The summed E-state index contributed by atoms with van der Waals surface area (Å²) in [5.41, 5.74) is 0. The van der Waals surface area contributed by atoms with Gasteiger partial charge in [0.2, 0.25) is 5.91 Å². The molecule has 0 aromatic heterocycles. The third-order valence-electron chi connectivity index (χ3n) is 5.56. The van der Waals surface area contributed by atoms with Crippen molar-refractivity contribution in [1.82, 2.24) is 10.2 Å². The summed E-state index contributed by atoms with van der Waals surface area (Å²) < 4.78 is 0. The molecule has 5 nitrogen and oxygen atoms in total. The number of allylic oxidation sites excluding steroid dienone is 2. The minimum absolute atomic E-state index is 0.0842. The van der Waals surface area contributed by atoms with Gasteiger partial charge in [0.1, 0.15) is 6.04 Å². The second-order valence-corrected chi connectivity index (χ2v) is 8.64. The lowest BCUT2D eigenvalue weighted by molar-refractivity contribution is -0.142. The molecule has 0 heterocycles. The average molecular weight is 425 g/mol. The van der Waals surface area contributed by atoms with Crippen LogP contribution in [-0.2, 0) is 9.59 Å². The Hall–Kier alpha value is -1.36. The Morgan fingerprint density at radius 3 is 1.97 bits per heavy atom. The number of aliphatic carboxylic acids is 1. The quantitative estimate of drug-likeness (QED) is 0.177. The fraction of sp³-hybridized carbons (Fsp3) is 0.840. The number of carboxylic acids is 1. The van der Waals surface area contributed by atoms with Crippen LogP contribution in [0.25, 0.3) is 0 Å². The number of likely N-dealkylation sites (N-methyl/N-ethyl adjacent to an activating group) is 1. The summed E-state index contributed by atoms with van der Waals surface area (Å²) >= 11 is 0. The molecule has 5 heteroatoms. The van der Waals surface area contributed by atoms with Crippen molar-refractivity contribution >= 4 is 11.9 Å². The molecule has 176 valence electrons. The second-order valence-electron chi connectivity index (χ2n) is 8.64. The van der Waals surface area contributed by atoms with Crippen LogP contribution in [0.15, 0.2) is 12.2 Å². The highest BCUT2D eigenvalue weighted by atomic mass is 16.4. The van der Waals surface area contributed by atoms with Crippen molar-refractivity contribution in [3.8, 4) is 0 Å². The van der Waals surface area contributed by atoms with E-state index < -0.39 is 12.0 Å². The maximum Gasteiger partial charge on any atom is 0.320 e. The molecule has 0 saturated carbocycles. The van der Waals surface area contributed by atoms with Gasteiger partial charge in [0.05, 0.1) is 0 Å². The predicted molar refractivity (Wildman–Crippen MR) is 127 cm³/mol. The summed E-state index contributed by atoms with van der Waals surface area (Å²) in [5, 5.41) is 12.1. The first-order valence-corrected chi connectivity index (χ1v) is 12.3. The number of hydrogen-bond acceptors (Lipinski definition) is 3. The highest BCUT2D eigenvalue weighted by Crippen LogP contribution is 2.11. The van der Waals surface area contributed by atoms with Crippen LogP contribution in [-0.4, -0.2) is 48.6 Å².